The topological polar surface area (TPSA) is 88.3 Å². The molecule has 0 aliphatic carbocycles. The maximum Gasteiger partial charge on any atom is 0.247 e. The minimum Gasteiger partial charge on any atom is -0.323 e. The van der Waals surface area contributed by atoms with Gasteiger partial charge in [-0.3, -0.25) is 10.8 Å². The predicted octanol–water partition coefficient (Wildman–Crippen LogP) is 1.11. The van der Waals surface area contributed by atoms with E-state index < -0.39 is 10.0 Å². The molecule has 1 aromatic heterocycles. The lowest BCUT2D eigenvalue weighted by Gasteiger charge is -2.28. The zero-order valence-corrected chi connectivity index (χ0v) is 12.2. The molecule has 110 valence electrons. The van der Waals surface area contributed by atoms with Gasteiger partial charge in [-0.05, 0) is 23.6 Å². The number of sulfonamides is 1. The van der Waals surface area contributed by atoms with Gasteiger partial charge in [0.05, 0.1) is 5.69 Å². The van der Waals surface area contributed by atoms with Crippen molar-refractivity contribution in [3.8, 4) is 0 Å². The molecule has 7 heteroatoms. The molecule has 0 saturated carbocycles. The first-order valence-corrected chi connectivity index (χ1v) is 8.04. The summed E-state index contributed by atoms with van der Waals surface area (Å²) in [4.78, 5) is 4.00. The van der Waals surface area contributed by atoms with Gasteiger partial charge in [-0.1, -0.05) is 24.3 Å². The van der Waals surface area contributed by atoms with Gasteiger partial charge in [-0.25, -0.2) is 8.42 Å². The Morgan fingerprint density at radius 1 is 1.19 bits per heavy atom. The monoisotopic (exact) mass is 304 g/mol. The first-order valence-electron chi connectivity index (χ1n) is 6.60. The van der Waals surface area contributed by atoms with Gasteiger partial charge in [0.25, 0.3) is 0 Å². The smallest absolute Gasteiger partial charge is 0.247 e. The van der Waals surface area contributed by atoms with Crippen molar-refractivity contribution >= 4 is 15.7 Å². The molecular formula is C14H16N4O2S. The van der Waals surface area contributed by atoms with Crippen LogP contribution < -0.4 is 11.3 Å². The molecule has 0 radical (unpaired) electrons. The highest BCUT2D eigenvalue weighted by atomic mass is 32.2. The van der Waals surface area contributed by atoms with Crippen molar-refractivity contribution < 1.29 is 8.42 Å². The molecule has 21 heavy (non-hydrogen) atoms. The van der Waals surface area contributed by atoms with Gasteiger partial charge in [0, 0.05) is 25.5 Å². The van der Waals surface area contributed by atoms with Crippen molar-refractivity contribution in [1.82, 2.24) is 9.29 Å². The molecule has 0 fully saturated rings. The third-order valence-electron chi connectivity index (χ3n) is 3.65. The molecule has 0 spiro atoms. The molecule has 3 N–H and O–H groups in total. The van der Waals surface area contributed by atoms with Crippen LogP contribution in [0.3, 0.4) is 0 Å². The van der Waals surface area contributed by atoms with Crippen LogP contribution in [-0.4, -0.2) is 24.3 Å². The van der Waals surface area contributed by atoms with Gasteiger partial charge < -0.3 is 5.43 Å². The fourth-order valence-corrected chi connectivity index (χ4v) is 4.04. The Morgan fingerprint density at radius 2 is 1.95 bits per heavy atom. The van der Waals surface area contributed by atoms with E-state index in [2.05, 4.69) is 10.4 Å². The zero-order chi connectivity index (χ0) is 14.9. The quantitative estimate of drug-likeness (QED) is 0.655. The van der Waals surface area contributed by atoms with E-state index in [9.17, 15) is 8.42 Å². The largest absolute Gasteiger partial charge is 0.323 e. The van der Waals surface area contributed by atoms with E-state index >= 15 is 0 Å². The summed E-state index contributed by atoms with van der Waals surface area (Å²) in [6.45, 7) is 0.829. The molecule has 0 saturated heterocycles. The van der Waals surface area contributed by atoms with Crippen molar-refractivity contribution in [1.29, 1.82) is 0 Å². The minimum absolute atomic E-state index is 0.104. The lowest BCUT2D eigenvalue weighted by atomic mass is 10.0. The molecule has 0 bridgehead atoms. The summed E-state index contributed by atoms with van der Waals surface area (Å²) in [5.74, 6) is 5.39. The second kappa shape index (κ2) is 5.44. The normalized spacial score (nSPS) is 15.5. The van der Waals surface area contributed by atoms with Crippen LogP contribution in [0.15, 0.2) is 47.6 Å². The van der Waals surface area contributed by atoms with E-state index in [0.29, 0.717) is 25.2 Å². The fraction of sp³-hybridized carbons (Fsp3) is 0.214. The van der Waals surface area contributed by atoms with E-state index in [0.717, 1.165) is 5.56 Å². The number of fused-ring (bicyclic) bond motifs is 1. The van der Waals surface area contributed by atoms with Crippen LogP contribution in [0.2, 0.25) is 0 Å². The molecule has 1 aliphatic heterocycles. The number of benzene rings is 1. The molecule has 6 nitrogen and oxygen atoms in total. The number of nitrogens with two attached hydrogens (primary N) is 1. The number of nitrogens with zero attached hydrogens (tertiary/aromatic N) is 2. The summed E-state index contributed by atoms with van der Waals surface area (Å²) < 4.78 is 27.0. The Hall–Kier alpha value is -1.96. The average molecular weight is 304 g/mol. The van der Waals surface area contributed by atoms with Gasteiger partial charge >= 0.3 is 0 Å². The van der Waals surface area contributed by atoms with E-state index in [4.69, 9.17) is 5.84 Å². The number of hydrazine groups is 1. The number of pyridine rings is 1. The number of hydrogen-bond acceptors (Lipinski definition) is 5. The third-order valence-corrected chi connectivity index (χ3v) is 5.53. The summed E-state index contributed by atoms with van der Waals surface area (Å²) in [6, 6.07) is 9.44. The van der Waals surface area contributed by atoms with E-state index in [1.165, 1.54) is 22.3 Å². The summed E-state index contributed by atoms with van der Waals surface area (Å²) in [5.41, 5.74) is 5.01. The van der Waals surface area contributed by atoms with Crippen molar-refractivity contribution in [3.05, 3.63) is 53.9 Å². The Bertz CT molecular complexity index is 761. The Balaban J connectivity index is 1.97. The number of nitrogens with one attached hydrogen (secondary N) is 1. The van der Waals surface area contributed by atoms with Crippen molar-refractivity contribution in [2.45, 2.75) is 17.9 Å². The molecule has 2 aromatic rings. The second-order valence-electron chi connectivity index (χ2n) is 4.87. The average Bonchev–Trinajstić information content (AvgIpc) is 2.54. The van der Waals surface area contributed by atoms with Crippen molar-refractivity contribution in [2.75, 3.05) is 12.0 Å². The van der Waals surface area contributed by atoms with Crippen molar-refractivity contribution in [3.63, 3.8) is 0 Å². The minimum atomic E-state index is -3.62. The number of nitrogen functional groups attached to an aromatic ring is 1. The predicted molar refractivity (Wildman–Crippen MR) is 79.8 cm³/mol. The summed E-state index contributed by atoms with van der Waals surface area (Å²) in [5, 5.41) is 0. The molecular weight excluding hydrogens is 288 g/mol. The van der Waals surface area contributed by atoms with Crippen LogP contribution in [-0.2, 0) is 23.0 Å². The van der Waals surface area contributed by atoms with E-state index in [-0.39, 0.29) is 4.90 Å². The van der Waals surface area contributed by atoms with Crippen LogP contribution >= 0.6 is 0 Å². The highest BCUT2D eigenvalue weighted by Crippen LogP contribution is 2.27. The third kappa shape index (κ3) is 2.51. The summed E-state index contributed by atoms with van der Waals surface area (Å²) in [7, 11) is -3.62. The summed E-state index contributed by atoms with van der Waals surface area (Å²) in [6.07, 6.45) is 3.53. The lowest BCUT2D eigenvalue weighted by molar-refractivity contribution is 0.391. The van der Waals surface area contributed by atoms with Gasteiger partial charge in [0.1, 0.15) is 4.90 Å². The van der Waals surface area contributed by atoms with Gasteiger partial charge in [0.15, 0.2) is 0 Å². The Kier molecular flexibility index (Phi) is 3.62. The first kappa shape index (κ1) is 14.0. The Morgan fingerprint density at radius 3 is 2.71 bits per heavy atom. The van der Waals surface area contributed by atoms with E-state index in [1.54, 1.807) is 6.07 Å². The molecule has 0 amide bonds. The highest BCUT2D eigenvalue weighted by Gasteiger charge is 2.30. The number of hydrogen-bond donors (Lipinski definition) is 2. The standard InChI is InChI=1S/C14H16N4O2S/c15-17-13-5-7-16-9-14(13)21(19,20)18-8-6-11-3-1-2-4-12(11)10-18/h1-5,7,9H,6,8,10,15H2,(H,16,17). The van der Waals surface area contributed by atoms with Crippen LogP contribution in [0.1, 0.15) is 11.1 Å². The lowest BCUT2D eigenvalue weighted by Crippen LogP contribution is -2.36. The number of aromatic nitrogens is 1. The molecule has 0 atom stereocenters. The van der Waals surface area contributed by atoms with Crippen LogP contribution in [0.5, 0.6) is 0 Å². The highest BCUT2D eigenvalue weighted by molar-refractivity contribution is 7.89. The maximum absolute atomic E-state index is 12.8. The summed E-state index contributed by atoms with van der Waals surface area (Å²) >= 11 is 0. The van der Waals surface area contributed by atoms with Crippen molar-refractivity contribution in [2.24, 2.45) is 5.84 Å². The van der Waals surface area contributed by atoms with Gasteiger partial charge in [-0.2, -0.15) is 4.31 Å². The second-order valence-corrected chi connectivity index (χ2v) is 6.78. The van der Waals surface area contributed by atoms with Crippen LogP contribution in [0, 0.1) is 0 Å². The van der Waals surface area contributed by atoms with Gasteiger partial charge in [0.2, 0.25) is 10.0 Å². The van der Waals surface area contributed by atoms with Gasteiger partial charge in [-0.15, -0.1) is 0 Å². The van der Waals surface area contributed by atoms with Crippen LogP contribution in [0.25, 0.3) is 0 Å². The number of rotatable bonds is 3. The molecule has 0 unspecified atom stereocenters. The Labute approximate surface area is 123 Å². The first-order chi connectivity index (χ1) is 10.1. The molecule has 3 rings (SSSR count). The fourth-order valence-electron chi connectivity index (χ4n) is 2.52. The SMILES string of the molecule is NNc1ccncc1S(=O)(=O)N1CCc2ccccc2C1. The van der Waals surface area contributed by atoms with Crippen LogP contribution in [0.4, 0.5) is 5.69 Å². The molecule has 2 heterocycles. The molecule has 1 aliphatic rings. The molecule has 1 aromatic carbocycles. The number of anilines is 1. The maximum atomic E-state index is 12.8. The van der Waals surface area contributed by atoms with E-state index in [1.807, 2.05) is 24.3 Å². The zero-order valence-electron chi connectivity index (χ0n) is 11.4.